The van der Waals surface area contributed by atoms with Gasteiger partial charge in [0.1, 0.15) is 17.8 Å². The van der Waals surface area contributed by atoms with Gasteiger partial charge < -0.3 is 15.2 Å². The molecule has 1 heterocycles. The number of halogens is 2. The van der Waals surface area contributed by atoms with E-state index in [2.05, 4.69) is 15.7 Å². The molecule has 3 N–H and O–H groups in total. The van der Waals surface area contributed by atoms with E-state index in [1.165, 1.54) is 12.1 Å². The van der Waals surface area contributed by atoms with Gasteiger partial charge in [-0.15, -0.1) is 0 Å². The van der Waals surface area contributed by atoms with Crippen LogP contribution in [0.2, 0.25) is 5.02 Å². The summed E-state index contributed by atoms with van der Waals surface area (Å²) in [6, 6.07) is 4.06. The minimum atomic E-state index is -0.785. The van der Waals surface area contributed by atoms with Gasteiger partial charge in [-0.25, -0.2) is 4.39 Å². The van der Waals surface area contributed by atoms with Crippen LogP contribution < -0.4 is 15.4 Å². The van der Waals surface area contributed by atoms with Gasteiger partial charge in [-0.1, -0.05) is 11.6 Å². The van der Waals surface area contributed by atoms with E-state index in [0.29, 0.717) is 0 Å². The average molecular weight is 423 g/mol. The second kappa shape index (κ2) is 7.27. The third-order valence-electron chi connectivity index (χ3n) is 5.74. The second-order valence-corrected chi connectivity index (χ2v) is 8.48. The van der Waals surface area contributed by atoms with Crippen LogP contribution in [0.15, 0.2) is 24.4 Å². The fraction of sp³-hybridized carbons (Fsp3) is 0.500. The molecule has 3 aliphatic rings. The summed E-state index contributed by atoms with van der Waals surface area (Å²) in [5, 5.41) is 21.2. The molecule has 1 amide bonds. The number of carbonyl (C=O) groups is 1. The van der Waals surface area contributed by atoms with Gasteiger partial charge in [-0.05, 0) is 45.2 Å². The Labute approximate surface area is 173 Å². The summed E-state index contributed by atoms with van der Waals surface area (Å²) in [7, 11) is 0. The van der Waals surface area contributed by atoms with Crippen LogP contribution >= 0.6 is 11.6 Å². The molecular formula is C20H24ClFN4O3. The average Bonchev–Trinajstić information content (AvgIpc) is 3.01. The van der Waals surface area contributed by atoms with Crippen molar-refractivity contribution in [1.29, 1.82) is 0 Å². The SMILES string of the molecule is CCn1cc(C(O)NC23CC(NC(=O)COc4ccc(Cl)c(F)c4)(C2)C3)c(C)n1. The third-order valence-corrected chi connectivity index (χ3v) is 6.05. The summed E-state index contributed by atoms with van der Waals surface area (Å²) >= 11 is 5.63. The van der Waals surface area contributed by atoms with Crippen LogP contribution in [0.4, 0.5) is 4.39 Å². The monoisotopic (exact) mass is 422 g/mol. The lowest BCUT2D eigenvalue weighted by Crippen LogP contribution is -2.83. The topological polar surface area (TPSA) is 88.4 Å². The van der Waals surface area contributed by atoms with Crippen molar-refractivity contribution in [3.05, 3.63) is 46.5 Å². The van der Waals surface area contributed by atoms with Crippen molar-refractivity contribution in [1.82, 2.24) is 20.4 Å². The highest BCUT2D eigenvalue weighted by atomic mass is 35.5. The minimum absolute atomic E-state index is 0.00730. The van der Waals surface area contributed by atoms with E-state index in [4.69, 9.17) is 16.3 Å². The molecule has 0 spiro atoms. The first-order valence-electron chi connectivity index (χ1n) is 9.62. The molecule has 2 bridgehead atoms. The van der Waals surface area contributed by atoms with Crippen molar-refractivity contribution < 1.29 is 19.0 Å². The van der Waals surface area contributed by atoms with Gasteiger partial charge in [-0.3, -0.25) is 14.8 Å². The van der Waals surface area contributed by atoms with Gasteiger partial charge >= 0.3 is 0 Å². The standard InChI is InChI=1S/C20H24ClFN4O3/c1-3-26-7-14(12(2)25-26)18(28)24-20-9-19(10-20,11-20)23-17(27)8-29-13-4-5-15(21)16(22)6-13/h4-7,18,24,28H,3,8-11H2,1-2H3,(H,23,27). The van der Waals surface area contributed by atoms with E-state index in [1.54, 1.807) is 4.68 Å². The molecule has 9 heteroatoms. The normalized spacial score (nSPS) is 25.7. The van der Waals surface area contributed by atoms with E-state index in [1.807, 2.05) is 20.0 Å². The Balaban J connectivity index is 1.24. The second-order valence-electron chi connectivity index (χ2n) is 8.08. The van der Waals surface area contributed by atoms with Gasteiger partial charge in [0, 0.05) is 35.4 Å². The predicted octanol–water partition coefficient (Wildman–Crippen LogP) is 2.45. The maximum Gasteiger partial charge on any atom is 0.258 e. The zero-order chi connectivity index (χ0) is 20.8. The number of hydrogen-bond acceptors (Lipinski definition) is 5. The van der Waals surface area contributed by atoms with Crippen LogP contribution in [0.1, 0.15) is 43.7 Å². The molecule has 156 valence electrons. The van der Waals surface area contributed by atoms with Crippen LogP contribution in [0.5, 0.6) is 5.75 Å². The highest BCUT2D eigenvalue weighted by Crippen LogP contribution is 2.61. The molecule has 0 aliphatic heterocycles. The summed E-state index contributed by atoms with van der Waals surface area (Å²) in [5.74, 6) is -0.589. The fourth-order valence-electron chi connectivity index (χ4n) is 4.45. The number of benzene rings is 1. The summed E-state index contributed by atoms with van der Waals surface area (Å²) in [5.41, 5.74) is 1.17. The zero-order valence-electron chi connectivity index (χ0n) is 16.3. The number of nitrogens with zero attached hydrogens (tertiary/aromatic N) is 2. The van der Waals surface area contributed by atoms with E-state index < -0.39 is 12.0 Å². The molecule has 1 aromatic heterocycles. The van der Waals surface area contributed by atoms with Crippen molar-refractivity contribution >= 4 is 17.5 Å². The number of rotatable bonds is 8. The summed E-state index contributed by atoms with van der Waals surface area (Å²) < 4.78 is 20.5. The number of aliphatic hydroxyl groups excluding tert-OH is 1. The Morgan fingerprint density at radius 3 is 2.76 bits per heavy atom. The third kappa shape index (κ3) is 3.84. The summed E-state index contributed by atoms with van der Waals surface area (Å²) in [6.07, 6.45) is 3.32. The van der Waals surface area contributed by atoms with Crippen LogP contribution in [0.3, 0.4) is 0 Å². The first-order chi connectivity index (χ1) is 13.7. The molecule has 1 atom stereocenters. The van der Waals surface area contributed by atoms with Gasteiger partial charge in [0.25, 0.3) is 5.91 Å². The van der Waals surface area contributed by atoms with Crippen molar-refractivity contribution in [2.75, 3.05) is 6.61 Å². The van der Waals surface area contributed by atoms with Crippen LogP contribution in [0, 0.1) is 12.7 Å². The van der Waals surface area contributed by atoms with Crippen LogP contribution in [-0.2, 0) is 11.3 Å². The molecule has 2 aromatic rings. The van der Waals surface area contributed by atoms with Gasteiger partial charge in [0.2, 0.25) is 0 Å². The van der Waals surface area contributed by atoms with Crippen molar-refractivity contribution in [3.63, 3.8) is 0 Å². The van der Waals surface area contributed by atoms with Crippen molar-refractivity contribution in [3.8, 4) is 5.75 Å². The van der Waals surface area contributed by atoms with E-state index in [9.17, 15) is 14.3 Å². The molecule has 1 aromatic carbocycles. The molecule has 29 heavy (non-hydrogen) atoms. The van der Waals surface area contributed by atoms with Crippen molar-refractivity contribution in [2.24, 2.45) is 0 Å². The zero-order valence-corrected chi connectivity index (χ0v) is 17.1. The smallest absolute Gasteiger partial charge is 0.258 e. The number of amides is 1. The van der Waals surface area contributed by atoms with Gasteiger partial charge in [0.15, 0.2) is 6.61 Å². The number of aryl methyl sites for hydroxylation is 2. The molecule has 7 nitrogen and oxygen atoms in total. The van der Waals surface area contributed by atoms with Crippen molar-refractivity contribution in [2.45, 2.75) is 57.0 Å². The Morgan fingerprint density at radius 1 is 1.41 bits per heavy atom. The highest BCUT2D eigenvalue weighted by Gasteiger charge is 2.69. The molecule has 0 radical (unpaired) electrons. The Kier molecular flexibility index (Phi) is 5.04. The minimum Gasteiger partial charge on any atom is -0.484 e. The lowest BCUT2D eigenvalue weighted by atomic mass is 9.44. The summed E-state index contributed by atoms with van der Waals surface area (Å²) in [6.45, 7) is 4.43. The van der Waals surface area contributed by atoms with E-state index in [-0.39, 0.29) is 34.4 Å². The van der Waals surface area contributed by atoms with Gasteiger partial charge in [-0.2, -0.15) is 5.10 Å². The Hall–Kier alpha value is -2.16. The van der Waals surface area contributed by atoms with Crippen LogP contribution in [0.25, 0.3) is 0 Å². The number of aromatic nitrogens is 2. The Bertz CT molecular complexity index is 928. The number of aliphatic hydroxyl groups is 1. The largest absolute Gasteiger partial charge is 0.484 e. The number of nitrogens with one attached hydrogen (secondary N) is 2. The Morgan fingerprint density at radius 2 is 2.14 bits per heavy atom. The molecule has 3 fully saturated rings. The summed E-state index contributed by atoms with van der Waals surface area (Å²) in [4.78, 5) is 12.2. The number of carbonyl (C=O) groups excluding carboxylic acids is 1. The molecule has 3 saturated carbocycles. The first kappa shape index (κ1) is 20.1. The molecule has 5 rings (SSSR count). The number of hydrogen-bond donors (Lipinski definition) is 3. The lowest BCUT2D eigenvalue weighted by molar-refractivity contribution is -0.151. The maximum absolute atomic E-state index is 13.4. The molecule has 3 aliphatic carbocycles. The van der Waals surface area contributed by atoms with E-state index in [0.717, 1.165) is 43.1 Å². The van der Waals surface area contributed by atoms with E-state index >= 15 is 0 Å². The molecule has 1 unspecified atom stereocenters. The fourth-order valence-corrected chi connectivity index (χ4v) is 4.57. The quantitative estimate of drug-likeness (QED) is 0.569. The first-order valence-corrected chi connectivity index (χ1v) is 10.00. The highest BCUT2D eigenvalue weighted by molar-refractivity contribution is 6.30. The van der Waals surface area contributed by atoms with Crippen LogP contribution in [-0.4, -0.2) is 38.5 Å². The predicted molar refractivity (Wildman–Crippen MR) is 105 cm³/mol. The maximum atomic E-state index is 13.4. The van der Waals surface area contributed by atoms with Gasteiger partial charge in [0.05, 0.1) is 10.7 Å². The number of ether oxygens (including phenoxy) is 1. The molecular weight excluding hydrogens is 399 g/mol. The lowest BCUT2D eigenvalue weighted by Gasteiger charge is -2.71. The molecule has 0 saturated heterocycles.